The van der Waals surface area contributed by atoms with E-state index in [-0.39, 0.29) is 5.91 Å². The van der Waals surface area contributed by atoms with Gasteiger partial charge < -0.3 is 15.2 Å². The summed E-state index contributed by atoms with van der Waals surface area (Å²) in [5.41, 5.74) is 5.64. The Hall–Kier alpha value is -1.08. The highest BCUT2D eigenvalue weighted by Crippen LogP contribution is 2.23. The number of rotatable bonds is 5. The maximum atomic E-state index is 12.4. The molecule has 1 aromatic rings. The van der Waals surface area contributed by atoms with Crippen LogP contribution in [0.15, 0.2) is 5.16 Å². The van der Waals surface area contributed by atoms with Crippen LogP contribution in [0.5, 0.6) is 0 Å². The molecule has 1 fully saturated rings. The Labute approximate surface area is 130 Å². The van der Waals surface area contributed by atoms with Crippen molar-refractivity contribution in [3.63, 3.8) is 0 Å². The van der Waals surface area contributed by atoms with Gasteiger partial charge in [-0.1, -0.05) is 25.6 Å². The second-order valence-electron chi connectivity index (χ2n) is 5.88. The van der Waals surface area contributed by atoms with E-state index in [0.29, 0.717) is 24.1 Å². The molecule has 0 radical (unpaired) electrons. The van der Waals surface area contributed by atoms with Gasteiger partial charge >= 0.3 is 0 Å². The number of hydrogen-bond acceptors (Lipinski definition) is 5. The molecule has 0 saturated carbocycles. The fourth-order valence-corrected chi connectivity index (χ4v) is 3.90. The predicted molar refractivity (Wildman–Crippen MR) is 83.8 cm³/mol. The number of hydrogen-bond donors (Lipinski definition) is 1. The molecule has 1 aromatic heterocycles. The first-order valence-electron chi connectivity index (χ1n) is 7.57. The van der Waals surface area contributed by atoms with Crippen molar-refractivity contribution in [1.29, 1.82) is 0 Å². The van der Waals surface area contributed by atoms with Crippen LogP contribution < -0.4 is 5.73 Å². The second kappa shape index (κ2) is 7.26. The zero-order valence-corrected chi connectivity index (χ0v) is 13.9. The van der Waals surface area contributed by atoms with Crippen LogP contribution in [0, 0.1) is 11.8 Å². The highest BCUT2D eigenvalue weighted by Gasteiger charge is 2.25. The third-order valence-corrected chi connectivity index (χ3v) is 4.79. The van der Waals surface area contributed by atoms with E-state index in [4.69, 9.17) is 5.73 Å². The Balaban J connectivity index is 1.93. The van der Waals surface area contributed by atoms with Crippen molar-refractivity contribution in [3.8, 4) is 0 Å². The minimum Gasteiger partial charge on any atom is -0.341 e. The molecule has 118 valence electrons. The number of thioether (sulfide) groups is 1. The third kappa shape index (κ3) is 3.97. The maximum Gasteiger partial charge on any atom is 0.233 e. The van der Waals surface area contributed by atoms with E-state index < -0.39 is 0 Å². The van der Waals surface area contributed by atoms with E-state index >= 15 is 0 Å². The highest BCUT2D eigenvalue weighted by atomic mass is 32.2. The van der Waals surface area contributed by atoms with Crippen molar-refractivity contribution in [3.05, 3.63) is 5.82 Å². The predicted octanol–water partition coefficient (Wildman–Crippen LogP) is 1.35. The lowest BCUT2D eigenvalue weighted by Gasteiger charge is -2.34. The first-order valence-corrected chi connectivity index (χ1v) is 8.56. The molecule has 21 heavy (non-hydrogen) atoms. The first-order chi connectivity index (χ1) is 10.0. The molecule has 0 aromatic carbocycles. The van der Waals surface area contributed by atoms with Gasteiger partial charge in [0, 0.05) is 19.6 Å². The number of nitrogens with two attached hydrogens (primary N) is 1. The number of aromatic nitrogens is 3. The molecule has 2 N–H and O–H groups in total. The van der Waals surface area contributed by atoms with Gasteiger partial charge in [0.1, 0.15) is 5.82 Å². The van der Waals surface area contributed by atoms with Crippen molar-refractivity contribution in [2.24, 2.45) is 17.6 Å². The summed E-state index contributed by atoms with van der Waals surface area (Å²) in [6.07, 6.45) is 1.21. The number of amides is 1. The third-order valence-electron chi connectivity index (χ3n) is 3.84. The summed E-state index contributed by atoms with van der Waals surface area (Å²) in [4.78, 5) is 14.3. The van der Waals surface area contributed by atoms with Crippen LogP contribution in [0.3, 0.4) is 0 Å². The van der Waals surface area contributed by atoms with E-state index in [9.17, 15) is 4.79 Å². The van der Waals surface area contributed by atoms with E-state index in [1.165, 1.54) is 18.2 Å². The van der Waals surface area contributed by atoms with Crippen molar-refractivity contribution in [2.45, 2.75) is 45.4 Å². The average molecular weight is 311 g/mol. The summed E-state index contributed by atoms with van der Waals surface area (Å²) < 4.78 is 1.97. The normalized spacial score (nSPS) is 22.6. The molecule has 2 heterocycles. The van der Waals surface area contributed by atoms with Gasteiger partial charge in [-0.3, -0.25) is 4.79 Å². The van der Waals surface area contributed by atoms with Gasteiger partial charge in [-0.05, 0) is 25.2 Å². The summed E-state index contributed by atoms with van der Waals surface area (Å²) in [5.74, 6) is 2.56. The minimum absolute atomic E-state index is 0.193. The molecule has 2 rings (SSSR count). The molecule has 0 bridgehead atoms. The topological polar surface area (TPSA) is 77.0 Å². The van der Waals surface area contributed by atoms with Gasteiger partial charge in [0.2, 0.25) is 5.91 Å². The van der Waals surface area contributed by atoms with E-state index in [0.717, 1.165) is 30.6 Å². The van der Waals surface area contributed by atoms with Crippen LogP contribution in [0.2, 0.25) is 0 Å². The van der Waals surface area contributed by atoms with Crippen LogP contribution >= 0.6 is 11.8 Å². The van der Waals surface area contributed by atoms with Crippen LogP contribution in [-0.2, 0) is 17.9 Å². The maximum absolute atomic E-state index is 12.4. The van der Waals surface area contributed by atoms with Crippen LogP contribution in [0.4, 0.5) is 0 Å². The SMILES string of the molecule is CCn1c(CN)nnc1SCC(=O)N1CC(C)CC(C)C1. The molecule has 1 amide bonds. The summed E-state index contributed by atoms with van der Waals surface area (Å²) >= 11 is 1.45. The number of likely N-dealkylation sites (tertiary alicyclic amines) is 1. The molecule has 0 spiro atoms. The van der Waals surface area contributed by atoms with Crippen LogP contribution in [0.1, 0.15) is 33.0 Å². The van der Waals surface area contributed by atoms with Gasteiger partial charge in [-0.15, -0.1) is 10.2 Å². The van der Waals surface area contributed by atoms with Gasteiger partial charge in [0.05, 0.1) is 12.3 Å². The van der Waals surface area contributed by atoms with Crippen molar-refractivity contribution in [2.75, 3.05) is 18.8 Å². The standard InChI is InChI=1S/C14H25N5OS/c1-4-19-12(6-15)16-17-14(19)21-9-13(20)18-7-10(2)5-11(3)8-18/h10-11H,4-9,15H2,1-3H3. The second-order valence-corrected chi connectivity index (χ2v) is 6.82. The van der Waals surface area contributed by atoms with Crippen LogP contribution in [-0.4, -0.2) is 44.4 Å². The van der Waals surface area contributed by atoms with Crippen LogP contribution in [0.25, 0.3) is 0 Å². The molecular weight excluding hydrogens is 286 g/mol. The monoisotopic (exact) mass is 311 g/mol. The molecular formula is C14H25N5OS. The van der Waals surface area contributed by atoms with Gasteiger partial charge in [-0.25, -0.2) is 0 Å². The smallest absolute Gasteiger partial charge is 0.233 e. The molecule has 1 aliphatic rings. The first kappa shape index (κ1) is 16.3. The Morgan fingerprint density at radius 3 is 2.57 bits per heavy atom. The fourth-order valence-electron chi connectivity index (χ4n) is 2.98. The molecule has 1 saturated heterocycles. The largest absolute Gasteiger partial charge is 0.341 e. The quantitative estimate of drug-likeness (QED) is 0.831. The molecule has 6 nitrogen and oxygen atoms in total. The number of piperidine rings is 1. The zero-order chi connectivity index (χ0) is 15.4. The highest BCUT2D eigenvalue weighted by molar-refractivity contribution is 7.99. The lowest BCUT2D eigenvalue weighted by atomic mass is 9.92. The molecule has 0 aliphatic carbocycles. The Kier molecular flexibility index (Phi) is 5.64. The summed E-state index contributed by atoms with van der Waals surface area (Å²) in [7, 11) is 0. The van der Waals surface area contributed by atoms with Gasteiger partial charge in [-0.2, -0.15) is 0 Å². The molecule has 2 unspecified atom stereocenters. The summed E-state index contributed by atoms with van der Waals surface area (Å²) in [5, 5.41) is 8.97. The zero-order valence-electron chi connectivity index (χ0n) is 13.1. The number of carbonyl (C=O) groups is 1. The summed E-state index contributed by atoms with van der Waals surface area (Å²) in [6.45, 7) is 9.35. The number of nitrogens with zero attached hydrogens (tertiary/aromatic N) is 4. The van der Waals surface area contributed by atoms with E-state index in [2.05, 4.69) is 24.0 Å². The Bertz CT molecular complexity index is 480. The fraction of sp³-hybridized carbons (Fsp3) is 0.786. The van der Waals surface area contributed by atoms with Gasteiger partial charge in [0.25, 0.3) is 0 Å². The van der Waals surface area contributed by atoms with Crippen molar-refractivity contribution < 1.29 is 4.79 Å². The average Bonchev–Trinajstić information content (AvgIpc) is 2.85. The van der Waals surface area contributed by atoms with Crippen molar-refractivity contribution >= 4 is 17.7 Å². The summed E-state index contributed by atoms with van der Waals surface area (Å²) in [6, 6.07) is 0. The van der Waals surface area contributed by atoms with E-state index in [1.54, 1.807) is 0 Å². The molecule has 1 aliphatic heterocycles. The number of carbonyl (C=O) groups excluding carboxylic acids is 1. The van der Waals surface area contributed by atoms with E-state index in [1.807, 2.05) is 16.4 Å². The minimum atomic E-state index is 0.193. The molecule has 2 atom stereocenters. The van der Waals surface area contributed by atoms with Crippen molar-refractivity contribution in [1.82, 2.24) is 19.7 Å². The molecule has 7 heteroatoms. The lowest BCUT2D eigenvalue weighted by Crippen LogP contribution is -2.43. The van der Waals surface area contributed by atoms with Gasteiger partial charge in [0.15, 0.2) is 5.16 Å². The lowest BCUT2D eigenvalue weighted by molar-refractivity contribution is -0.130. The Morgan fingerprint density at radius 1 is 1.33 bits per heavy atom. The Morgan fingerprint density at radius 2 is 2.00 bits per heavy atom.